The molecule has 172 valence electrons. The van der Waals surface area contributed by atoms with Crippen LogP contribution in [0.1, 0.15) is 11.3 Å². The number of halogens is 1. The number of fused-ring (bicyclic) bond motifs is 1. The lowest BCUT2D eigenvalue weighted by Gasteiger charge is -2.05. The number of rotatable bonds is 6. The average molecular weight is 525 g/mol. The summed E-state index contributed by atoms with van der Waals surface area (Å²) < 4.78 is 3.85. The van der Waals surface area contributed by atoms with E-state index in [1.807, 2.05) is 6.07 Å². The maximum absolute atomic E-state index is 11.1. The summed E-state index contributed by atoms with van der Waals surface area (Å²) in [4.78, 5) is 21.9. The minimum Gasteiger partial charge on any atom is -0.493 e. The quantitative estimate of drug-likeness (QED) is 0.171. The number of aromatic nitrogens is 4. The van der Waals surface area contributed by atoms with Gasteiger partial charge in [-0.3, -0.25) is 0 Å². The SMILES string of the molecule is NC(=O)N=Nc1c(O)n(Cc2cn(-c3ccccc3/C=N\NC(N)=O)nn2)c2ccc(Br)cc12. The molecule has 4 amide bonds. The number of carbonyl (C=O) groups is 2. The number of hydrogen-bond donors (Lipinski definition) is 4. The fourth-order valence-electron chi connectivity index (χ4n) is 3.27. The molecule has 0 aliphatic rings. The molecule has 6 N–H and O–H groups in total. The third-order valence-corrected chi connectivity index (χ3v) is 5.14. The van der Waals surface area contributed by atoms with Gasteiger partial charge in [-0.15, -0.1) is 10.2 Å². The van der Waals surface area contributed by atoms with Crippen LogP contribution in [-0.4, -0.2) is 42.9 Å². The van der Waals surface area contributed by atoms with Crippen LogP contribution in [0.4, 0.5) is 15.3 Å². The van der Waals surface area contributed by atoms with E-state index in [1.165, 1.54) is 10.9 Å². The summed E-state index contributed by atoms with van der Waals surface area (Å²) >= 11 is 3.39. The minimum absolute atomic E-state index is 0.103. The van der Waals surface area contributed by atoms with Crippen molar-refractivity contribution < 1.29 is 14.7 Å². The molecule has 4 rings (SSSR count). The van der Waals surface area contributed by atoms with Crippen molar-refractivity contribution in [1.82, 2.24) is 25.0 Å². The van der Waals surface area contributed by atoms with Gasteiger partial charge >= 0.3 is 12.1 Å². The second kappa shape index (κ2) is 9.50. The first-order valence-corrected chi connectivity index (χ1v) is 10.4. The second-order valence-corrected chi connectivity index (χ2v) is 7.82. The van der Waals surface area contributed by atoms with Gasteiger partial charge in [0.05, 0.1) is 30.2 Å². The highest BCUT2D eigenvalue weighted by molar-refractivity contribution is 9.10. The van der Waals surface area contributed by atoms with Crippen molar-refractivity contribution in [3.05, 3.63) is 64.4 Å². The van der Waals surface area contributed by atoms with Crippen LogP contribution in [0.5, 0.6) is 5.88 Å². The van der Waals surface area contributed by atoms with E-state index in [0.717, 1.165) is 4.47 Å². The second-order valence-electron chi connectivity index (χ2n) is 6.91. The molecule has 0 aliphatic carbocycles. The number of nitrogens with zero attached hydrogens (tertiary/aromatic N) is 7. The van der Waals surface area contributed by atoms with Crippen molar-refractivity contribution in [3.8, 4) is 11.6 Å². The summed E-state index contributed by atoms with van der Waals surface area (Å²) in [6, 6.07) is 10.8. The Balaban J connectivity index is 1.69. The van der Waals surface area contributed by atoms with Gasteiger partial charge in [-0.1, -0.05) is 44.5 Å². The zero-order chi connectivity index (χ0) is 24.2. The Bertz CT molecular complexity index is 1460. The number of nitrogens with two attached hydrogens (primary N) is 2. The smallest absolute Gasteiger partial charge is 0.356 e. The van der Waals surface area contributed by atoms with Gasteiger partial charge in [-0.05, 0) is 24.3 Å². The number of nitrogens with one attached hydrogen (secondary N) is 1. The van der Waals surface area contributed by atoms with E-state index in [-0.39, 0.29) is 18.1 Å². The molecule has 0 saturated carbocycles. The molecular formula is C20H17BrN10O3. The number of benzene rings is 2. The molecule has 2 aromatic heterocycles. The monoisotopic (exact) mass is 524 g/mol. The van der Waals surface area contributed by atoms with Crippen molar-refractivity contribution in [2.75, 3.05) is 0 Å². The maximum atomic E-state index is 11.1. The summed E-state index contributed by atoms with van der Waals surface area (Å²) in [6.45, 7) is 0.148. The van der Waals surface area contributed by atoms with Gasteiger partial charge in [0.25, 0.3) is 0 Å². The summed E-state index contributed by atoms with van der Waals surface area (Å²) in [5.74, 6) is -0.210. The first kappa shape index (κ1) is 22.6. The number of urea groups is 2. The highest BCUT2D eigenvalue weighted by Crippen LogP contribution is 2.40. The molecule has 0 saturated heterocycles. The van der Waals surface area contributed by atoms with Crippen LogP contribution in [0.3, 0.4) is 0 Å². The van der Waals surface area contributed by atoms with Crippen molar-refractivity contribution in [1.29, 1.82) is 0 Å². The minimum atomic E-state index is -0.980. The van der Waals surface area contributed by atoms with Crippen LogP contribution in [0.2, 0.25) is 0 Å². The van der Waals surface area contributed by atoms with Gasteiger partial charge in [0, 0.05) is 15.4 Å². The molecule has 2 heterocycles. The molecule has 13 nitrogen and oxygen atoms in total. The van der Waals surface area contributed by atoms with E-state index in [1.54, 1.807) is 47.2 Å². The number of hydrazone groups is 1. The fourth-order valence-corrected chi connectivity index (χ4v) is 3.64. The van der Waals surface area contributed by atoms with Crippen LogP contribution < -0.4 is 16.9 Å². The first-order chi connectivity index (χ1) is 16.3. The lowest BCUT2D eigenvalue weighted by molar-refractivity contribution is 0.249. The number of aromatic hydroxyl groups is 1. The van der Waals surface area contributed by atoms with Gasteiger partial charge in [-0.25, -0.2) is 19.7 Å². The maximum Gasteiger partial charge on any atom is 0.356 e. The molecule has 34 heavy (non-hydrogen) atoms. The Morgan fingerprint density at radius 3 is 2.76 bits per heavy atom. The van der Waals surface area contributed by atoms with Gasteiger partial charge in [0.2, 0.25) is 5.88 Å². The van der Waals surface area contributed by atoms with Crippen LogP contribution in [0, 0.1) is 0 Å². The Kier molecular flexibility index (Phi) is 6.31. The van der Waals surface area contributed by atoms with Gasteiger partial charge in [0.15, 0.2) is 5.69 Å². The third kappa shape index (κ3) is 4.75. The lowest BCUT2D eigenvalue weighted by Crippen LogP contribution is -2.24. The molecule has 0 unspecified atom stereocenters. The molecule has 0 aliphatic heterocycles. The molecule has 14 heteroatoms. The summed E-state index contributed by atoms with van der Waals surface area (Å²) in [7, 11) is 0. The van der Waals surface area contributed by atoms with Crippen molar-refractivity contribution in [2.24, 2.45) is 26.8 Å². The van der Waals surface area contributed by atoms with E-state index in [2.05, 4.69) is 47.0 Å². The van der Waals surface area contributed by atoms with E-state index in [4.69, 9.17) is 11.5 Å². The third-order valence-electron chi connectivity index (χ3n) is 4.64. The molecule has 0 fully saturated rings. The number of amides is 4. The Labute approximate surface area is 199 Å². The number of azo groups is 1. The van der Waals surface area contributed by atoms with Crippen molar-refractivity contribution >= 4 is 50.8 Å². The van der Waals surface area contributed by atoms with Crippen LogP contribution in [0.25, 0.3) is 16.6 Å². The Morgan fingerprint density at radius 2 is 2.00 bits per heavy atom. The van der Waals surface area contributed by atoms with Crippen LogP contribution in [0.15, 0.2) is 68.5 Å². The first-order valence-electron chi connectivity index (χ1n) is 9.64. The molecule has 0 radical (unpaired) electrons. The van der Waals surface area contributed by atoms with Crippen molar-refractivity contribution in [2.45, 2.75) is 6.54 Å². The van der Waals surface area contributed by atoms with Crippen LogP contribution >= 0.6 is 15.9 Å². The van der Waals surface area contributed by atoms with Gasteiger partial charge < -0.3 is 21.1 Å². The zero-order valence-electron chi connectivity index (χ0n) is 17.3. The highest BCUT2D eigenvalue weighted by Gasteiger charge is 2.19. The number of para-hydroxylation sites is 1. The van der Waals surface area contributed by atoms with E-state index < -0.39 is 12.1 Å². The van der Waals surface area contributed by atoms with Gasteiger partial charge in [-0.2, -0.15) is 5.10 Å². The van der Waals surface area contributed by atoms with Gasteiger partial charge in [0.1, 0.15) is 5.69 Å². The topological polar surface area (TPSA) is 191 Å². The fraction of sp³-hybridized carbons (Fsp3) is 0.0500. The standard InChI is InChI=1S/C20H17BrN10O3/c21-12-5-6-16-14(7-12)17(26-28-20(23)34)18(32)30(16)9-13-10-31(29-25-13)15-4-2-1-3-11(15)8-24-27-19(22)33/h1-8,10,32H,9H2,(H2,23,34)(H3,22,27,33)/b24-8-,28-26?. The molecule has 0 atom stereocenters. The summed E-state index contributed by atoms with van der Waals surface area (Å²) in [5.41, 5.74) is 14.8. The predicted molar refractivity (Wildman–Crippen MR) is 126 cm³/mol. The molecule has 0 bridgehead atoms. The van der Waals surface area contributed by atoms with E-state index in [9.17, 15) is 14.7 Å². The van der Waals surface area contributed by atoms with Crippen LogP contribution in [-0.2, 0) is 6.54 Å². The molecule has 0 spiro atoms. The highest BCUT2D eigenvalue weighted by atomic mass is 79.9. The number of hydrogen-bond acceptors (Lipinski definition) is 7. The zero-order valence-corrected chi connectivity index (χ0v) is 18.9. The Hall–Kier alpha value is -4.59. The molecular weight excluding hydrogens is 508 g/mol. The average Bonchev–Trinajstić information content (AvgIpc) is 3.35. The largest absolute Gasteiger partial charge is 0.493 e. The normalized spacial score (nSPS) is 11.6. The summed E-state index contributed by atoms with van der Waals surface area (Å²) in [6.07, 6.45) is 3.11. The van der Waals surface area contributed by atoms with Crippen molar-refractivity contribution in [3.63, 3.8) is 0 Å². The molecule has 4 aromatic rings. The number of carbonyl (C=O) groups excluding carboxylic acids is 2. The Morgan fingerprint density at radius 1 is 1.21 bits per heavy atom. The number of primary amides is 2. The summed E-state index contributed by atoms with van der Waals surface area (Å²) in [5, 5.41) is 30.7. The van der Waals surface area contributed by atoms with E-state index >= 15 is 0 Å². The lowest BCUT2D eigenvalue weighted by atomic mass is 10.2. The van der Waals surface area contributed by atoms with E-state index in [0.29, 0.717) is 27.8 Å². The predicted octanol–water partition coefficient (Wildman–Crippen LogP) is 2.90. The molecule has 2 aromatic carbocycles.